The lowest BCUT2D eigenvalue weighted by atomic mass is 9.81. The summed E-state index contributed by atoms with van der Waals surface area (Å²) in [6.07, 6.45) is 1.96. The molecule has 0 radical (unpaired) electrons. The summed E-state index contributed by atoms with van der Waals surface area (Å²) in [5.41, 5.74) is -0.530. The average molecular weight is 388 g/mol. The summed E-state index contributed by atoms with van der Waals surface area (Å²) < 4.78 is 5.13. The van der Waals surface area contributed by atoms with Gasteiger partial charge in [-0.1, -0.05) is 19.1 Å². The summed E-state index contributed by atoms with van der Waals surface area (Å²) in [4.78, 5) is 38.7. The summed E-state index contributed by atoms with van der Waals surface area (Å²) >= 11 is 0. The molecule has 1 aromatic carbocycles. The number of piperidine rings is 1. The molecule has 0 saturated carbocycles. The Morgan fingerprint density at radius 3 is 2.43 bits per heavy atom. The van der Waals surface area contributed by atoms with E-state index in [0.29, 0.717) is 17.9 Å². The van der Waals surface area contributed by atoms with Crippen molar-refractivity contribution in [2.24, 2.45) is 5.41 Å². The van der Waals surface area contributed by atoms with E-state index in [1.807, 2.05) is 0 Å². The fourth-order valence-corrected chi connectivity index (χ4v) is 3.68. The van der Waals surface area contributed by atoms with E-state index in [0.717, 1.165) is 30.8 Å². The van der Waals surface area contributed by atoms with Crippen LogP contribution in [0.3, 0.4) is 0 Å². The van der Waals surface area contributed by atoms with E-state index in [-0.39, 0.29) is 17.9 Å². The zero-order valence-electron chi connectivity index (χ0n) is 16.6. The van der Waals surface area contributed by atoms with Gasteiger partial charge in [0.25, 0.3) is 5.91 Å². The molecule has 1 unspecified atom stereocenters. The van der Waals surface area contributed by atoms with Gasteiger partial charge in [-0.2, -0.15) is 0 Å². The predicted molar refractivity (Wildman–Crippen MR) is 104 cm³/mol. The number of carbonyl (C=O) groups is 3. The first-order chi connectivity index (χ1) is 13.3. The molecule has 2 heterocycles. The van der Waals surface area contributed by atoms with Crippen LogP contribution >= 0.6 is 0 Å². The Morgan fingerprint density at radius 1 is 1.18 bits per heavy atom. The number of hydrogen-bond donors (Lipinski definition) is 3. The topological polar surface area (TPSA) is 99.8 Å². The fourth-order valence-electron chi connectivity index (χ4n) is 3.68. The number of benzene rings is 1. The molecule has 3 N–H and O–H groups in total. The number of nitrogens with one attached hydrogen (secondary N) is 3. The monoisotopic (exact) mass is 388 g/mol. The minimum atomic E-state index is -1.20. The molecule has 0 aromatic heterocycles. The van der Waals surface area contributed by atoms with Gasteiger partial charge >= 0.3 is 6.03 Å². The molecule has 0 spiro atoms. The molecule has 2 fully saturated rings. The molecular weight excluding hydrogens is 360 g/mol. The zero-order valence-corrected chi connectivity index (χ0v) is 16.6. The highest BCUT2D eigenvalue weighted by Gasteiger charge is 2.49. The molecule has 1 atom stereocenters. The number of amides is 4. The molecule has 152 valence electrons. The van der Waals surface area contributed by atoms with Gasteiger partial charge in [-0.25, -0.2) is 4.79 Å². The molecule has 1 aromatic rings. The van der Waals surface area contributed by atoms with Gasteiger partial charge in [0.2, 0.25) is 5.91 Å². The number of imide groups is 1. The number of rotatable bonds is 6. The second-order valence-electron chi connectivity index (χ2n) is 8.01. The van der Waals surface area contributed by atoms with E-state index in [2.05, 4.69) is 22.9 Å². The third-order valence-corrected chi connectivity index (χ3v) is 5.77. The van der Waals surface area contributed by atoms with Crippen LogP contribution in [0.25, 0.3) is 0 Å². The summed E-state index contributed by atoms with van der Waals surface area (Å²) in [5, 5.41) is 8.90. The van der Waals surface area contributed by atoms with Crippen LogP contribution in [0.5, 0.6) is 5.75 Å². The van der Waals surface area contributed by atoms with E-state index in [4.69, 9.17) is 4.74 Å². The van der Waals surface area contributed by atoms with Crippen LogP contribution < -0.4 is 20.7 Å². The Bertz CT molecular complexity index is 758. The van der Waals surface area contributed by atoms with Gasteiger partial charge in [0.05, 0.1) is 7.11 Å². The number of nitrogens with zero attached hydrogens (tertiary/aromatic N) is 1. The molecule has 8 heteroatoms. The van der Waals surface area contributed by atoms with Crippen molar-refractivity contribution in [3.63, 3.8) is 0 Å². The van der Waals surface area contributed by atoms with Gasteiger partial charge in [0.15, 0.2) is 0 Å². The smallest absolute Gasteiger partial charge is 0.325 e. The van der Waals surface area contributed by atoms with Crippen molar-refractivity contribution in [2.45, 2.75) is 32.2 Å². The molecular formula is C20H28N4O4. The Balaban J connectivity index is 1.63. The van der Waals surface area contributed by atoms with Crippen LogP contribution in [0.1, 0.15) is 32.3 Å². The van der Waals surface area contributed by atoms with Crippen LogP contribution in [0.2, 0.25) is 0 Å². The number of carbonyl (C=O) groups excluding carboxylic acids is 3. The van der Waals surface area contributed by atoms with Gasteiger partial charge in [0, 0.05) is 6.54 Å². The van der Waals surface area contributed by atoms with Crippen molar-refractivity contribution in [1.29, 1.82) is 0 Å². The lowest BCUT2D eigenvalue weighted by Gasteiger charge is -2.34. The average Bonchev–Trinajstić information content (AvgIpc) is 2.91. The summed E-state index contributed by atoms with van der Waals surface area (Å²) in [5.74, 6) is -0.111. The second kappa shape index (κ2) is 7.79. The van der Waals surface area contributed by atoms with Crippen molar-refractivity contribution < 1.29 is 19.1 Å². The predicted octanol–water partition coefficient (Wildman–Crippen LogP) is 0.968. The van der Waals surface area contributed by atoms with Crippen LogP contribution in [-0.2, 0) is 15.1 Å². The number of methoxy groups -OCH3 is 1. The molecule has 3 rings (SSSR count). The first-order valence-electron chi connectivity index (χ1n) is 9.53. The van der Waals surface area contributed by atoms with Crippen LogP contribution in [0.15, 0.2) is 24.3 Å². The molecule has 2 saturated heterocycles. The Hall–Kier alpha value is -2.61. The van der Waals surface area contributed by atoms with E-state index in [1.54, 1.807) is 38.3 Å². The zero-order chi connectivity index (χ0) is 20.4. The summed E-state index contributed by atoms with van der Waals surface area (Å²) in [6, 6.07) is 6.37. The van der Waals surface area contributed by atoms with Gasteiger partial charge in [0.1, 0.15) is 17.8 Å². The van der Waals surface area contributed by atoms with Crippen LogP contribution in [0.4, 0.5) is 4.79 Å². The van der Waals surface area contributed by atoms with E-state index in [9.17, 15) is 14.4 Å². The molecule has 8 nitrogen and oxygen atoms in total. The van der Waals surface area contributed by atoms with E-state index in [1.165, 1.54) is 0 Å². The maximum atomic E-state index is 12.9. The second-order valence-corrected chi connectivity index (χ2v) is 8.01. The number of ether oxygens (including phenoxy) is 1. The highest BCUT2D eigenvalue weighted by molar-refractivity contribution is 6.09. The first-order valence-corrected chi connectivity index (χ1v) is 9.53. The molecule has 4 amide bonds. The molecule has 2 aliphatic rings. The van der Waals surface area contributed by atoms with Crippen molar-refractivity contribution in [2.75, 3.05) is 33.3 Å². The molecule has 0 bridgehead atoms. The first kappa shape index (κ1) is 20.1. The van der Waals surface area contributed by atoms with Crippen LogP contribution in [-0.4, -0.2) is 56.0 Å². The largest absolute Gasteiger partial charge is 0.497 e. The maximum Gasteiger partial charge on any atom is 0.325 e. The summed E-state index contributed by atoms with van der Waals surface area (Å²) in [7, 11) is 1.56. The normalized spacial score (nSPS) is 24.0. The minimum Gasteiger partial charge on any atom is -0.497 e. The van der Waals surface area contributed by atoms with Crippen molar-refractivity contribution in [3.8, 4) is 5.75 Å². The fraction of sp³-hybridized carbons (Fsp3) is 0.550. The van der Waals surface area contributed by atoms with Crippen LogP contribution in [0, 0.1) is 5.41 Å². The number of urea groups is 1. The Morgan fingerprint density at radius 2 is 1.82 bits per heavy atom. The van der Waals surface area contributed by atoms with Gasteiger partial charge in [-0.15, -0.1) is 0 Å². The van der Waals surface area contributed by atoms with Gasteiger partial charge in [-0.3, -0.25) is 14.5 Å². The van der Waals surface area contributed by atoms with E-state index >= 15 is 0 Å². The van der Waals surface area contributed by atoms with Crippen molar-refractivity contribution in [1.82, 2.24) is 20.9 Å². The standard InChI is InChI=1S/C20H28N4O4/c1-19(8-10-21-11-9-19)13-22-16(25)12-24-17(26)20(2,23-18(24)27)14-4-6-15(28-3)7-5-14/h4-7,21H,8-13H2,1-3H3,(H,22,25)(H,23,27). The van der Waals surface area contributed by atoms with Gasteiger partial charge < -0.3 is 20.7 Å². The highest BCUT2D eigenvalue weighted by Crippen LogP contribution is 2.30. The molecule has 0 aliphatic carbocycles. The summed E-state index contributed by atoms with van der Waals surface area (Å²) in [6.45, 7) is 5.89. The minimum absolute atomic E-state index is 0.0375. The third kappa shape index (κ3) is 3.96. The van der Waals surface area contributed by atoms with E-state index < -0.39 is 17.5 Å². The lowest BCUT2D eigenvalue weighted by Crippen LogP contribution is -2.47. The Labute approximate surface area is 165 Å². The lowest BCUT2D eigenvalue weighted by molar-refractivity contribution is -0.135. The van der Waals surface area contributed by atoms with Crippen molar-refractivity contribution in [3.05, 3.63) is 29.8 Å². The maximum absolute atomic E-state index is 12.9. The third-order valence-electron chi connectivity index (χ3n) is 5.77. The SMILES string of the molecule is COc1ccc(C2(C)NC(=O)N(CC(=O)NCC3(C)CCNCC3)C2=O)cc1. The van der Waals surface area contributed by atoms with Gasteiger partial charge in [-0.05, 0) is 56.0 Å². The molecule has 28 heavy (non-hydrogen) atoms. The molecule has 2 aliphatic heterocycles. The number of hydrogen-bond acceptors (Lipinski definition) is 5. The Kier molecular flexibility index (Phi) is 5.60. The quantitative estimate of drug-likeness (QED) is 0.631. The van der Waals surface area contributed by atoms with Crippen molar-refractivity contribution >= 4 is 17.8 Å². The highest BCUT2D eigenvalue weighted by atomic mass is 16.5.